The molecule has 1 amide bonds. The van der Waals surface area contributed by atoms with Gasteiger partial charge in [-0.3, -0.25) is 4.79 Å². The van der Waals surface area contributed by atoms with Gasteiger partial charge in [0.2, 0.25) is 0 Å². The monoisotopic (exact) mass is 531 g/mol. The molecule has 184 valence electrons. The minimum absolute atomic E-state index is 0.110. The highest BCUT2D eigenvalue weighted by Crippen LogP contribution is 2.34. The molecular formula is C25H26ClN3O4S2. The molecule has 2 N–H and O–H groups in total. The van der Waals surface area contributed by atoms with E-state index in [1.807, 2.05) is 30.3 Å². The summed E-state index contributed by atoms with van der Waals surface area (Å²) >= 11 is 7.63. The van der Waals surface area contributed by atoms with E-state index in [0.717, 1.165) is 17.0 Å². The number of hydrogen-bond acceptors (Lipinski definition) is 6. The molecule has 0 saturated carbocycles. The Morgan fingerprint density at radius 2 is 1.91 bits per heavy atom. The van der Waals surface area contributed by atoms with E-state index in [0.29, 0.717) is 33.3 Å². The zero-order valence-corrected chi connectivity index (χ0v) is 22.1. The van der Waals surface area contributed by atoms with E-state index >= 15 is 0 Å². The van der Waals surface area contributed by atoms with Crippen molar-refractivity contribution in [1.82, 2.24) is 9.29 Å². The Balaban J connectivity index is 1.66. The second-order valence-corrected chi connectivity index (χ2v) is 12.0. The molecule has 7 nitrogen and oxygen atoms in total. The molecule has 0 spiro atoms. The third-order valence-electron chi connectivity index (χ3n) is 5.47. The van der Waals surface area contributed by atoms with Gasteiger partial charge in [0.15, 0.2) is 0 Å². The Morgan fingerprint density at radius 1 is 1.14 bits per heavy atom. The van der Waals surface area contributed by atoms with Gasteiger partial charge in [0.05, 0.1) is 17.6 Å². The Kier molecular flexibility index (Phi) is 7.12. The lowest BCUT2D eigenvalue weighted by Crippen LogP contribution is -2.31. The third-order valence-corrected chi connectivity index (χ3v) is 8.70. The average molecular weight is 532 g/mol. The minimum Gasteiger partial charge on any atom is -0.497 e. The second-order valence-electron chi connectivity index (χ2n) is 8.56. The summed E-state index contributed by atoms with van der Waals surface area (Å²) in [6, 6.07) is 15.9. The number of anilines is 2. The molecule has 4 rings (SSSR count). The maximum atomic E-state index is 13.1. The lowest BCUT2D eigenvalue weighted by atomic mass is 10.1. The van der Waals surface area contributed by atoms with E-state index in [4.69, 9.17) is 16.3 Å². The molecule has 10 heteroatoms. The van der Waals surface area contributed by atoms with Crippen LogP contribution in [0.25, 0.3) is 10.9 Å². The van der Waals surface area contributed by atoms with E-state index in [1.165, 1.54) is 17.4 Å². The van der Waals surface area contributed by atoms with Crippen molar-refractivity contribution in [3.8, 4) is 5.75 Å². The van der Waals surface area contributed by atoms with Crippen LogP contribution in [0.15, 0.2) is 58.8 Å². The summed E-state index contributed by atoms with van der Waals surface area (Å²) in [6.45, 7) is 4.14. The fourth-order valence-electron chi connectivity index (χ4n) is 3.84. The predicted octanol–water partition coefficient (Wildman–Crippen LogP) is 5.96. The molecule has 0 bridgehead atoms. The van der Waals surface area contributed by atoms with Gasteiger partial charge in [-0.1, -0.05) is 31.5 Å². The van der Waals surface area contributed by atoms with Crippen LogP contribution in [0, 0.1) is 5.92 Å². The van der Waals surface area contributed by atoms with Crippen LogP contribution in [-0.4, -0.2) is 26.0 Å². The molecule has 0 saturated heterocycles. The van der Waals surface area contributed by atoms with Crippen LogP contribution in [0.1, 0.15) is 29.2 Å². The van der Waals surface area contributed by atoms with Gasteiger partial charge in [-0.25, -0.2) is 13.1 Å². The molecule has 0 aliphatic heterocycles. The first-order chi connectivity index (χ1) is 16.6. The number of aryl methyl sites for hydroxylation is 1. The van der Waals surface area contributed by atoms with Crippen LogP contribution in [0.5, 0.6) is 5.75 Å². The number of thiophene rings is 1. The Bertz CT molecular complexity index is 1510. The van der Waals surface area contributed by atoms with Gasteiger partial charge in [-0.05, 0) is 54.8 Å². The second kappa shape index (κ2) is 9.93. The van der Waals surface area contributed by atoms with Gasteiger partial charge in [-0.15, -0.1) is 11.3 Å². The molecule has 2 heterocycles. The first-order valence-corrected chi connectivity index (χ1v) is 13.6. The highest BCUT2D eigenvalue weighted by molar-refractivity contribution is 7.92. The summed E-state index contributed by atoms with van der Waals surface area (Å²) in [6.07, 6.45) is 0.777. The summed E-state index contributed by atoms with van der Waals surface area (Å²) in [7, 11) is -0.738. The van der Waals surface area contributed by atoms with Crippen LogP contribution in [0.2, 0.25) is 5.02 Å². The third kappa shape index (κ3) is 5.32. The van der Waals surface area contributed by atoms with Crippen molar-refractivity contribution in [3.63, 3.8) is 0 Å². The van der Waals surface area contributed by atoms with Crippen molar-refractivity contribution < 1.29 is 17.9 Å². The quantitative estimate of drug-likeness (QED) is 0.293. The molecule has 0 atom stereocenters. The number of ether oxygens (including phenoxy) is 1. The predicted molar refractivity (Wildman–Crippen MR) is 142 cm³/mol. The number of nitrogens with one attached hydrogen (secondary N) is 2. The molecule has 2 aromatic carbocycles. The summed E-state index contributed by atoms with van der Waals surface area (Å²) in [5.41, 5.74) is 2.29. The van der Waals surface area contributed by atoms with Gasteiger partial charge >= 0.3 is 0 Å². The topological polar surface area (TPSA) is 89.4 Å². The van der Waals surface area contributed by atoms with Gasteiger partial charge in [0, 0.05) is 34.8 Å². The van der Waals surface area contributed by atoms with E-state index in [1.54, 1.807) is 36.9 Å². The van der Waals surface area contributed by atoms with E-state index in [-0.39, 0.29) is 9.90 Å². The van der Waals surface area contributed by atoms with Crippen molar-refractivity contribution in [2.24, 2.45) is 13.0 Å². The van der Waals surface area contributed by atoms with Crippen LogP contribution >= 0.6 is 22.9 Å². The molecule has 2 aromatic heterocycles. The standard InChI is InChI=1S/C25H26ClN3O4S2/c1-15(2)12-18-8-11-23(34-18)35(31,32)28-25(30)22-14-19-21(10-9-20(26)24(19)29(22)3)27-16-6-5-7-17(13-16)33-4/h5-11,13-15,27H,12H2,1-4H3,(H,28,30). The molecule has 4 aromatic rings. The van der Waals surface area contributed by atoms with Gasteiger partial charge in [0.25, 0.3) is 15.9 Å². The number of aromatic nitrogens is 1. The number of rotatable bonds is 8. The highest BCUT2D eigenvalue weighted by atomic mass is 35.5. The highest BCUT2D eigenvalue weighted by Gasteiger charge is 2.24. The molecule has 0 aliphatic carbocycles. The number of methoxy groups -OCH3 is 1. The fourth-order valence-corrected chi connectivity index (χ4v) is 6.67. The summed E-state index contributed by atoms with van der Waals surface area (Å²) in [5.74, 6) is 0.369. The molecular weight excluding hydrogens is 506 g/mol. The lowest BCUT2D eigenvalue weighted by molar-refractivity contribution is 0.0974. The molecule has 0 aliphatic rings. The largest absolute Gasteiger partial charge is 0.497 e. The number of halogens is 1. The van der Waals surface area contributed by atoms with Crippen molar-refractivity contribution in [3.05, 3.63) is 70.2 Å². The van der Waals surface area contributed by atoms with Gasteiger partial charge in [-0.2, -0.15) is 0 Å². The first-order valence-electron chi connectivity index (χ1n) is 10.9. The van der Waals surface area contributed by atoms with E-state index in [2.05, 4.69) is 23.9 Å². The lowest BCUT2D eigenvalue weighted by Gasteiger charge is -2.10. The number of fused-ring (bicyclic) bond motifs is 1. The number of hydrogen-bond donors (Lipinski definition) is 2. The number of carbonyl (C=O) groups is 1. The van der Waals surface area contributed by atoms with Crippen LogP contribution < -0.4 is 14.8 Å². The molecule has 0 radical (unpaired) electrons. The first kappa shape index (κ1) is 25.1. The van der Waals surface area contributed by atoms with Crippen LogP contribution in [0.4, 0.5) is 11.4 Å². The van der Waals surface area contributed by atoms with E-state index < -0.39 is 15.9 Å². The smallest absolute Gasteiger partial charge is 0.281 e. The van der Waals surface area contributed by atoms with Crippen LogP contribution in [0.3, 0.4) is 0 Å². The van der Waals surface area contributed by atoms with Crippen molar-refractivity contribution >= 4 is 61.1 Å². The van der Waals surface area contributed by atoms with Crippen molar-refractivity contribution in [2.75, 3.05) is 12.4 Å². The van der Waals surface area contributed by atoms with Crippen LogP contribution in [-0.2, 0) is 23.5 Å². The summed E-state index contributed by atoms with van der Waals surface area (Å²) < 4.78 is 35.0. The van der Waals surface area contributed by atoms with Crippen molar-refractivity contribution in [2.45, 2.75) is 24.5 Å². The number of amides is 1. The van der Waals surface area contributed by atoms with Crippen molar-refractivity contribution in [1.29, 1.82) is 0 Å². The molecule has 0 unspecified atom stereocenters. The zero-order valence-electron chi connectivity index (χ0n) is 19.8. The number of sulfonamides is 1. The normalized spacial score (nSPS) is 11.7. The molecule has 35 heavy (non-hydrogen) atoms. The summed E-state index contributed by atoms with van der Waals surface area (Å²) in [4.78, 5) is 14.0. The number of carbonyl (C=O) groups excluding carboxylic acids is 1. The minimum atomic E-state index is -4.01. The Morgan fingerprint density at radius 3 is 2.63 bits per heavy atom. The number of benzene rings is 2. The Labute approximate surface area is 213 Å². The van der Waals surface area contributed by atoms with Gasteiger partial charge < -0.3 is 14.6 Å². The fraction of sp³-hybridized carbons (Fsp3) is 0.240. The average Bonchev–Trinajstić information content (AvgIpc) is 3.41. The number of nitrogens with zero attached hydrogens (tertiary/aromatic N) is 1. The zero-order chi connectivity index (χ0) is 25.3. The SMILES string of the molecule is COc1cccc(Nc2ccc(Cl)c3c2cc(C(=O)NS(=O)(=O)c2ccc(CC(C)C)s2)n3C)c1. The van der Waals surface area contributed by atoms with E-state index in [9.17, 15) is 13.2 Å². The summed E-state index contributed by atoms with van der Waals surface area (Å²) in [5, 5.41) is 4.44. The maximum absolute atomic E-state index is 13.1. The Hall–Kier alpha value is -3.01. The van der Waals surface area contributed by atoms with Gasteiger partial charge in [0.1, 0.15) is 15.7 Å². The maximum Gasteiger partial charge on any atom is 0.281 e. The molecule has 0 fully saturated rings.